The van der Waals surface area contributed by atoms with Crippen LogP contribution in [0.4, 0.5) is 0 Å². The quantitative estimate of drug-likeness (QED) is 0.502. The zero-order chi connectivity index (χ0) is 7.78. The van der Waals surface area contributed by atoms with Crippen LogP contribution in [0.2, 0.25) is 0 Å². The second kappa shape index (κ2) is 2.23. The number of carbonyl (C=O) groups is 1. The van der Waals surface area contributed by atoms with Crippen molar-refractivity contribution in [3.05, 3.63) is 0 Å². The Kier molecular flexibility index (Phi) is 1.68. The molecule has 0 amide bonds. The van der Waals surface area contributed by atoms with Crippen molar-refractivity contribution in [2.24, 2.45) is 0 Å². The summed E-state index contributed by atoms with van der Waals surface area (Å²) in [6.45, 7) is 3.60. The first-order valence-electron chi connectivity index (χ1n) is 3.39. The molecule has 58 valence electrons. The molecule has 0 aromatic carbocycles. The second-order valence-corrected chi connectivity index (χ2v) is 3.30. The molecule has 1 aliphatic rings. The minimum atomic E-state index is -0.517. The lowest BCUT2D eigenvalue weighted by Gasteiger charge is -2.32. The van der Waals surface area contributed by atoms with Gasteiger partial charge in [-0.25, -0.2) is 0 Å². The molecule has 0 radical (unpaired) electrons. The molecule has 1 N–H and O–H groups in total. The highest BCUT2D eigenvalue weighted by atomic mass is 16.6. The lowest BCUT2D eigenvalue weighted by Crippen LogP contribution is -2.39. The van der Waals surface area contributed by atoms with E-state index in [1.807, 2.05) is 0 Å². The van der Waals surface area contributed by atoms with Crippen molar-refractivity contribution in [3.63, 3.8) is 0 Å². The van der Waals surface area contributed by atoms with E-state index in [1.54, 1.807) is 13.8 Å². The summed E-state index contributed by atoms with van der Waals surface area (Å²) in [6, 6.07) is 0. The summed E-state index contributed by atoms with van der Waals surface area (Å²) in [4.78, 5) is 10.7. The van der Waals surface area contributed by atoms with Crippen LogP contribution in [0.3, 0.4) is 0 Å². The molecule has 0 aliphatic carbocycles. The summed E-state index contributed by atoms with van der Waals surface area (Å²) < 4.78 is 4.95. The molecule has 1 saturated heterocycles. The van der Waals surface area contributed by atoms with Crippen LogP contribution >= 0.6 is 0 Å². The maximum atomic E-state index is 10.7. The van der Waals surface area contributed by atoms with E-state index in [2.05, 4.69) is 0 Å². The third kappa shape index (κ3) is 1.70. The summed E-state index contributed by atoms with van der Waals surface area (Å²) in [5.41, 5.74) is -0.477. The third-order valence-electron chi connectivity index (χ3n) is 1.52. The van der Waals surface area contributed by atoms with E-state index in [1.165, 1.54) is 0 Å². The van der Waals surface area contributed by atoms with Gasteiger partial charge in [0.05, 0.1) is 12.5 Å². The van der Waals surface area contributed by atoms with Crippen LogP contribution in [0.5, 0.6) is 0 Å². The van der Waals surface area contributed by atoms with Crippen LogP contribution in [0.15, 0.2) is 0 Å². The van der Waals surface area contributed by atoms with E-state index in [0.717, 1.165) is 0 Å². The SMILES string of the molecule is CC1(C)C[C@@H](O)CC(=O)O1. The average molecular weight is 144 g/mol. The predicted molar refractivity (Wildman–Crippen MR) is 35.4 cm³/mol. The zero-order valence-corrected chi connectivity index (χ0v) is 6.26. The van der Waals surface area contributed by atoms with Crippen LogP contribution in [0.25, 0.3) is 0 Å². The minimum Gasteiger partial charge on any atom is -0.459 e. The number of rotatable bonds is 0. The van der Waals surface area contributed by atoms with Crippen LogP contribution in [-0.4, -0.2) is 22.8 Å². The summed E-state index contributed by atoms with van der Waals surface area (Å²) in [5, 5.41) is 9.11. The smallest absolute Gasteiger partial charge is 0.308 e. The number of hydrogen-bond donors (Lipinski definition) is 1. The first kappa shape index (κ1) is 7.54. The fourth-order valence-corrected chi connectivity index (χ4v) is 1.22. The van der Waals surface area contributed by atoms with Crippen LogP contribution in [-0.2, 0) is 9.53 Å². The van der Waals surface area contributed by atoms with Crippen LogP contribution < -0.4 is 0 Å². The van der Waals surface area contributed by atoms with Gasteiger partial charge in [-0.3, -0.25) is 4.79 Å². The molecule has 1 rings (SSSR count). The fraction of sp³-hybridized carbons (Fsp3) is 0.857. The predicted octanol–water partition coefficient (Wildman–Crippen LogP) is 0.463. The Balaban J connectivity index is 2.59. The number of esters is 1. The van der Waals surface area contributed by atoms with Gasteiger partial charge < -0.3 is 9.84 Å². The molecule has 0 unspecified atom stereocenters. The van der Waals surface area contributed by atoms with Crippen LogP contribution in [0.1, 0.15) is 26.7 Å². The lowest BCUT2D eigenvalue weighted by molar-refractivity contribution is -0.170. The van der Waals surface area contributed by atoms with Gasteiger partial charge >= 0.3 is 5.97 Å². The molecule has 0 aromatic rings. The van der Waals surface area contributed by atoms with E-state index in [-0.39, 0.29) is 12.4 Å². The van der Waals surface area contributed by atoms with Crippen molar-refractivity contribution in [2.45, 2.75) is 38.4 Å². The Morgan fingerprint density at radius 2 is 2.30 bits per heavy atom. The van der Waals surface area contributed by atoms with Crippen LogP contribution in [0, 0.1) is 0 Å². The molecule has 1 aliphatic heterocycles. The Labute approximate surface area is 60.0 Å². The molecule has 3 heteroatoms. The summed E-state index contributed by atoms with van der Waals surface area (Å²) in [5.74, 6) is -0.302. The first-order valence-corrected chi connectivity index (χ1v) is 3.39. The number of carbonyl (C=O) groups excluding carboxylic acids is 1. The number of aliphatic hydroxyl groups is 1. The van der Waals surface area contributed by atoms with Gasteiger partial charge in [0.15, 0.2) is 0 Å². The molecule has 0 bridgehead atoms. The largest absolute Gasteiger partial charge is 0.459 e. The highest BCUT2D eigenvalue weighted by Crippen LogP contribution is 2.24. The summed E-state index contributed by atoms with van der Waals surface area (Å²) in [7, 11) is 0. The summed E-state index contributed by atoms with van der Waals surface area (Å²) >= 11 is 0. The third-order valence-corrected chi connectivity index (χ3v) is 1.52. The van der Waals surface area contributed by atoms with E-state index < -0.39 is 11.7 Å². The van der Waals surface area contributed by atoms with Gasteiger partial charge in [-0.1, -0.05) is 0 Å². The molecule has 3 nitrogen and oxygen atoms in total. The Morgan fingerprint density at radius 1 is 1.70 bits per heavy atom. The van der Waals surface area contributed by atoms with E-state index in [9.17, 15) is 4.79 Å². The van der Waals surface area contributed by atoms with Crippen molar-refractivity contribution in [1.29, 1.82) is 0 Å². The number of aliphatic hydroxyl groups excluding tert-OH is 1. The Bertz CT molecular complexity index is 151. The minimum absolute atomic E-state index is 0.142. The van der Waals surface area contributed by atoms with Gasteiger partial charge in [-0.05, 0) is 13.8 Å². The molecule has 1 heterocycles. The average Bonchev–Trinajstić information content (AvgIpc) is 1.54. The molecule has 0 spiro atoms. The lowest BCUT2D eigenvalue weighted by atomic mass is 9.96. The normalized spacial score (nSPS) is 31.5. The van der Waals surface area contributed by atoms with Crippen molar-refractivity contribution >= 4 is 5.97 Å². The van der Waals surface area contributed by atoms with Gasteiger partial charge in [0.2, 0.25) is 0 Å². The van der Waals surface area contributed by atoms with Gasteiger partial charge in [-0.2, -0.15) is 0 Å². The van der Waals surface area contributed by atoms with Gasteiger partial charge in [-0.15, -0.1) is 0 Å². The van der Waals surface area contributed by atoms with Crippen molar-refractivity contribution in [3.8, 4) is 0 Å². The molecule has 0 aromatic heterocycles. The maximum absolute atomic E-state index is 10.7. The molecule has 0 saturated carbocycles. The molecule has 1 fully saturated rings. The van der Waals surface area contributed by atoms with Gasteiger partial charge in [0, 0.05) is 6.42 Å². The fourth-order valence-electron chi connectivity index (χ4n) is 1.22. The van der Waals surface area contributed by atoms with Gasteiger partial charge in [0.1, 0.15) is 5.60 Å². The second-order valence-electron chi connectivity index (χ2n) is 3.30. The molecular weight excluding hydrogens is 132 g/mol. The Morgan fingerprint density at radius 3 is 2.70 bits per heavy atom. The van der Waals surface area contributed by atoms with E-state index >= 15 is 0 Å². The summed E-state index contributed by atoms with van der Waals surface area (Å²) in [6.07, 6.45) is 0.165. The number of ether oxygens (including phenoxy) is 1. The number of hydrogen-bond acceptors (Lipinski definition) is 3. The van der Waals surface area contributed by atoms with Gasteiger partial charge in [0.25, 0.3) is 0 Å². The zero-order valence-electron chi connectivity index (χ0n) is 6.26. The van der Waals surface area contributed by atoms with Crippen molar-refractivity contribution in [2.75, 3.05) is 0 Å². The molecule has 1 atom stereocenters. The topological polar surface area (TPSA) is 46.5 Å². The highest BCUT2D eigenvalue weighted by molar-refractivity contribution is 5.71. The van der Waals surface area contributed by atoms with Crippen molar-refractivity contribution in [1.82, 2.24) is 0 Å². The maximum Gasteiger partial charge on any atom is 0.308 e. The molecular formula is C7H12O3. The van der Waals surface area contributed by atoms with Crippen molar-refractivity contribution < 1.29 is 14.6 Å². The monoisotopic (exact) mass is 144 g/mol. The first-order chi connectivity index (χ1) is 4.49. The Hall–Kier alpha value is -0.570. The standard InChI is InChI=1S/C7H12O3/c1-7(2)4-5(8)3-6(9)10-7/h5,8H,3-4H2,1-2H3/t5-/m0/s1. The van der Waals surface area contributed by atoms with E-state index in [4.69, 9.17) is 9.84 Å². The highest BCUT2D eigenvalue weighted by Gasteiger charge is 2.32. The molecule has 10 heavy (non-hydrogen) atoms. The number of cyclic esters (lactones) is 1. The van der Waals surface area contributed by atoms with E-state index in [0.29, 0.717) is 6.42 Å².